The third kappa shape index (κ3) is 2.62. The molecule has 0 bridgehead atoms. The summed E-state index contributed by atoms with van der Waals surface area (Å²) in [6.45, 7) is 0.0218. The van der Waals surface area contributed by atoms with E-state index in [9.17, 15) is 13.5 Å². The van der Waals surface area contributed by atoms with Gasteiger partial charge in [0.1, 0.15) is 0 Å². The molecular weight excluding hydrogens is 200 g/mol. The maximum absolute atomic E-state index is 11.0. The van der Waals surface area contributed by atoms with Gasteiger partial charge in [-0.2, -0.15) is 11.8 Å². The van der Waals surface area contributed by atoms with Crippen LogP contribution in [0.15, 0.2) is 0 Å². The Morgan fingerprint density at radius 3 is 2.50 bits per heavy atom. The zero-order valence-corrected chi connectivity index (χ0v) is 8.14. The van der Waals surface area contributed by atoms with Crippen molar-refractivity contribution < 1.29 is 18.6 Å². The Kier molecular flexibility index (Phi) is 3.39. The Morgan fingerprint density at radius 1 is 1.42 bits per heavy atom. The van der Waals surface area contributed by atoms with Crippen molar-refractivity contribution in [1.29, 1.82) is 0 Å². The van der Waals surface area contributed by atoms with E-state index >= 15 is 0 Å². The molecule has 0 aliphatic carbocycles. The number of sulfone groups is 1. The molecule has 2 N–H and O–H groups in total. The molecular formula is C6H12O4S2. The highest BCUT2D eigenvalue weighted by molar-refractivity contribution is 8.01. The number of aliphatic hydroxyl groups is 2. The van der Waals surface area contributed by atoms with Crippen molar-refractivity contribution in [2.75, 3.05) is 23.9 Å². The highest BCUT2D eigenvalue weighted by Gasteiger charge is 2.36. The van der Waals surface area contributed by atoms with Crippen molar-refractivity contribution >= 4 is 21.6 Å². The van der Waals surface area contributed by atoms with Gasteiger partial charge in [-0.05, 0) is 0 Å². The third-order valence-electron chi connectivity index (χ3n) is 1.70. The number of hydrogen-bond acceptors (Lipinski definition) is 5. The van der Waals surface area contributed by atoms with Gasteiger partial charge in [0.2, 0.25) is 0 Å². The van der Waals surface area contributed by atoms with E-state index in [1.807, 2.05) is 0 Å². The molecule has 2 atom stereocenters. The summed E-state index contributed by atoms with van der Waals surface area (Å²) in [5.74, 6) is 0.395. The van der Waals surface area contributed by atoms with Gasteiger partial charge in [-0.15, -0.1) is 0 Å². The first-order chi connectivity index (χ1) is 5.55. The van der Waals surface area contributed by atoms with E-state index in [0.29, 0.717) is 5.75 Å². The SMILES string of the molecule is O=S1(=O)C[C@@H](O)[C@H](SCCO)C1. The molecule has 1 rings (SSSR count). The first kappa shape index (κ1) is 10.3. The molecule has 1 aliphatic heterocycles. The maximum Gasteiger partial charge on any atom is 0.154 e. The minimum Gasteiger partial charge on any atom is -0.396 e. The normalized spacial score (nSPS) is 33.8. The van der Waals surface area contributed by atoms with Crippen LogP contribution in [0.25, 0.3) is 0 Å². The fourth-order valence-corrected chi connectivity index (χ4v) is 4.63. The van der Waals surface area contributed by atoms with E-state index in [1.54, 1.807) is 0 Å². The van der Waals surface area contributed by atoms with E-state index in [2.05, 4.69) is 0 Å². The van der Waals surface area contributed by atoms with Gasteiger partial charge in [0.15, 0.2) is 9.84 Å². The van der Waals surface area contributed by atoms with E-state index < -0.39 is 15.9 Å². The minimum absolute atomic E-state index is 0.0218. The number of hydrogen-bond donors (Lipinski definition) is 2. The van der Waals surface area contributed by atoms with Crippen LogP contribution < -0.4 is 0 Å². The Hall–Kier alpha value is 0.220. The lowest BCUT2D eigenvalue weighted by molar-refractivity contribution is 0.207. The van der Waals surface area contributed by atoms with Crippen molar-refractivity contribution in [3.63, 3.8) is 0 Å². The smallest absolute Gasteiger partial charge is 0.154 e. The average Bonchev–Trinajstić information content (AvgIpc) is 2.20. The summed E-state index contributed by atoms with van der Waals surface area (Å²) in [6.07, 6.45) is -0.758. The van der Waals surface area contributed by atoms with Crippen molar-refractivity contribution in [3.8, 4) is 0 Å². The molecule has 0 spiro atoms. The molecule has 12 heavy (non-hydrogen) atoms. The number of thioether (sulfide) groups is 1. The molecule has 6 heteroatoms. The molecule has 0 aromatic carbocycles. The lowest BCUT2D eigenvalue weighted by Gasteiger charge is -2.10. The molecule has 1 heterocycles. The molecule has 4 nitrogen and oxygen atoms in total. The summed E-state index contributed by atoms with van der Waals surface area (Å²) in [5, 5.41) is 17.5. The lowest BCUT2D eigenvalue weighted by atomic mass is 10.3. The summed E-state index contributed by atoms with van der Waals surface area (Å²) in [5.41, 5.74) is 0. The van der Waals surface area contributed by atoms with Gasteiger partial charge in [-0.3, -0.25) is 0 Å². The molecule has 1 saturated heterocycles. The number of aliphatic hydroxyl groups excluding tert-OH is 2. The van der Waals surface area contributed by atoms with E-state index in [0.717, 1.165) is 0 Å². The monoisotopic (exact) mass is 212 g/mol. The topological polar surface area (TPSA) is 74.6 Å². The first-order valence-corrected chi connectivity index (χ1v) is 6.53. The quantitative estimate of drug-likeness (QED) is 0.619. The molecule has 0 amide bonds. The number of rotatable bonds is 3. The Morgan fingerprint density at radius 2 is 2.08 bits per heavy atom. The maximum atomic E-state index is 11.0. The second-order valence-corrected chi connectivity index (χ2v) is 6.28. The molecule has 0 radical (unpaired) electrons. The Balaban J connectivity index is 2.47. The second-order valence-electron chi connectivity index (χ2n) is 2.78. The lowest BCUT2D eigenvalue weighted by Crippen LogP contribution is -2.20. The average molecular weight is 212 g/mol. The van der Waals surface area contributed by atoms with Crippen LogP contribution in [0.4, 0.5) is 0 Å². The van der Waals surface area contributed by atoms with E-state index in [1.165, 1.54) is 11.8 Å². The predicted molar refractivity (Wildman–Crippen MR) is 48.0 cm³/mol. The minimum atomic E-state index is -3.03. The van der Waals surface area contributed by atoms with Crippen molar-refractivity contribution in [3.05, 3.63) is 0 Å². The summed E-state index contributed by atoms with van der Waals surface area (Å²) in [4.78, 5) is 0. The zero-order chi connectivity index (χ0) is 9.19. The van der Waals surface area contributed by atoms with Gasteiger partial charge < -0.3 is 10.2 Å². The van der Waals surface area contributed by atoms with Gasteiger partial charge in [-0.1, -0.05) is 0 Å². The van der Waals surface area contributed by atoms with Crippen LogP contribution in [0.3, 0.4) is 0 Å². The molecule has 1 fully saturated rings. The molecule has 0 aromatic heterocycles. The third-order valence-corrected chi connectivity index (χ3v) is 4.95. The molecule has 0 saturated carbocycles. The highest BCUT2D eigenvalue weighted by Crippen LogP contribution is 2.24. The summed E-state index contributed by atoms with van der Waals surface area (Å²) >= 11 is 1.32. The summed E-state index contributed by atoms with van der Waals surface area (Å²) in [7, 11) is -3.03. The van der Waals surface area contributed by atoms with Gasteiger partial charge in [0, 0.05) is 11.0 Å². The zero-order valence-electron chi connectivity index (χ0n) is 6.51. The van der Waals surface area contributed by atoms with Crippen LogP contribution in [0.5, 0.6) is 0 Å². The van der Waals surface area contributed by atoms with Crippen LogP contribution in [0.2, 0.25) is 0 Å². The summed E-state index contributed by atoms with van der Waals surface area (Å²) < 4.78 is 22.0. The van der Waals surface area contributed by atoms with Crippen molar-refractivity contribution in [2.24, 2.45) is 0 Å². The standard InChI is InChI=1S/C6H12O4S2/c7-1-2-11-6-4-12(9,10)3-5(6)8/h5-8H,1-4H2/t5-,6-/m1/s1. The fraction of sp³-hybridized carbons (Fsp3) is 1.00. The largest absolute Gasteiger partial charge is 0.396 e. The van der Waals surface area contributed by atoms with Crippen LogP contribution in [-0.2, 0) is 9.84 Å². The van der Waals surface area contributed by atoms with Crippen LogP contribution >= 0.6 is 11.8 Å². The van der Waals surface area contributed by atoms with Crippen LogP contribution in [-0.4, -0.2) is 53.9 Å². The first-order valence-electron chi connectivity index (χ1n) is 3.66. The van der Waals surface area contributed by atoms with Crippen molar-refractivity contribution in [2.45, 2.75) is 11.4 Å². The summed E-state index contributed by atoms with van der Waals surface area (Å²) in [6, 6.07) is 0. The van der Waals surface area contributed by atoms with Crippen LogP contribution in [0.1, 0.15) is 0 Å². The van der Waals surface area contributed by atoms with Crippen LogP contribution in [0, 0.1) is 0 Å². The Bertz CT molecular complexity index is 236. The molecule has 72 valence electrons. The second kappa shape index (κ2) is 3.95. The molecule has 1 aliphatic rings. The van der Waals surface area contributed by atoms with Crippen molar-refractivity contribution in [1.82, 2.24) is 0 Å². The van der Waals surface area contributed by atoms with Gasteiger partial charge in [-0.25, -0.2) is 8.42 Å². The Labute approximate surface area is 75.9 Å². The molecule has 0 unspecified atom stereocenters. The fourth-order valence-electron chi connectivity index (χ4n) is 1.16. The van der Waals surface area contributed by atoms with E-state index in [-0.39, 0.29) is 23.4 Å². The van der Waals surface area contributed by atoms with Gasteiger partial charge >= 0.3 is 0 Å². The molecule has 0 aromatic rings. The van der Waals surface area contributed by atoms with Gasteiger partial charge in [0.05, 0.1) is 24.2 Å². The highest BCUT2D eigenvalue weighted by atomic mass is 32.2. The van der Waals surface area contributed by atoms with Gasteiger partial charge in [0.25, 0.3) is 0 Å². The predicted octanol–water partition coefficient (Wildman–Crippen LogP) is -1.13. The van der Waals surface area contributed by atoms with E-state index in [4.69, 9.17) is 5.11 Å².